The van der Waals surface area contributed by atoms with Crippen LogP contribution in [0.2, 0.25) is 0 Å². The molecule has 5 heteroatoms. The molecule has 0 fully saturated rings. The molecule has 0 aliphatic heterocycles. The smallest absolute Gasteiger partial charge is 0.316 e. The number of carboxylic acids is 1. The lowest BCUT2D eigenvalue weighted by molar-refractivity contribution is -0.142. The molecule has 2 aromatic rings. The first-order valence-corrected chi connectivity index (χ1v) is 5.60. The summed E-state index contributed by atoms with van der Waals surface area (Å²) in [5.41, 5.74) is -0.150. The number of fused-ring (bicyclic) bond motifs is 1. The minimum atomic E-state index is -1.02. The van der Waals surface area contributed by atoms with Crippen LogP contribution in [0.15, 0.2) is 29.0 Å². The van der Waals surface area contributed by atoms with Crippen LogP contribution in [0.5, 0.6) is 0 Å². The first-order valence-electron chi connectivity index (χ1n) is 4.81. The van der Waals surface area contributed by atoms with E-state index in [1.807, 2.05) is 24.4 Å². The molecule has 0 atom stereocenters. The van der Waals surface area contributed by atoms with Gasteiger partial charge in [-0.15, -0.1) is 0 Å². The van der Waals surface area contributed by atoms with Crippen molar-refractivity contribution in [3.63, 3.8) is 0 Å². The van der Waals surface area contributed by atoms with Crippen molar-refractivity contribution in [2.45, 2.75) is 19.3 Å². The molecule has 84 valence electrons. The van der Waals surface area contributed by atoms with Gasteiger partial charge in [0.25, 0.3) is 0 Å². The summed E-state index contributed by atoms with van der Waals surface area (Å²) in [5.74, 6) is -0.377. The molecule has 0 aliphatic carbocycles. The van der Waals surface area contributed by atoms with Gasteiger partial charge in [-0.3, -0.25) is 4.79 Å². The van der Waals surface area contributed by atoms with E-state index in [0.717, 1.165) is 5.52 Å². The van der Waals surface area contributed by atoms with E-state index in [0.29, 0.717) is 10.4 Å². The topological polar surface area (TPSA) is 54.6 Å². The van der Waals surface area contributed by atoms with Gasteiger partial charge in [0, 0.05) is 6.20 Å². The van der Waals surface area contributed by atoms with Gasteiger partial charge in [-0.05, 0) is 41.9 Å². The Morgan fingerprint density at radius 2 is 2.19 bits per heavy atom. The highest BCUT2D eigenvalue weighted by atomic mass is 79.9. The Bertz CT molecular complexity index is 560. The maximum absolute atomic E-state index is 11.2. The second-order valence-electron chi connectivity index (χ2n) is 4.11. The molecule has 0 saturated carbocycles. The van der Waals surface area contributed by atoms with Gasteiger partial charge in [-0.1, -0.05) is 6.07 Å². The number of carboxylic acid groups (broad SMARTS) is 1. The molecule has 0 unspecified atom stereocenters. The normalized spacial score (nSPS) is 11.9. The molecule has 0 aromatic carbocycles. The fraction of sp³-hybridized carbons (Fsp3) is 0.273. The minimum absolute atomic E-state index is 0.516. The Hall–Kier alpha value is -1.36. The third-order valence-electron chi connectivity index (χ3n) is 2.60. The summed E-state index contributed by atoms with van der Waals surface area (Å²) in [7, 11) is 0. The molecule has 0 radical (unpaired) electrons. The number of nitrogens with zero attached hydrogens (tertiary/aromatic N) is 2. The molecule has 1 N–H and O–H groups in total. The number of rotatable bonds is 2. The van der Waals surface area contributed by atoms with Gasteiger partial charge in [0.2, 0.25) is 0 Å². The lowest BCUT2D eigenvalue weighted by Gasteiger charge is -2.17. The molecular formula is C11H11BrN2O2. The minimum Gasteiger partial charge on any atom is -0.481 e. The summed E-state index contributed by atoms with van der Waals surface area (Å²) in [6, 6.07) is 5.63. The molecule has 0 saturated heterocycles. The summed E-state index contributed by atoms with van der Waals surface area (Å²) in [5, 5.41) is 9.19. The Balaban J connectivity index is 2.75. The van der Waals surface area contributed by atoms with Crippen LogP contribution in [-0.4, -0.2) is 20.5 Å². The SMILES string of the molecule is CC(C)(C(=O)O)c1nc(Br)c2ccccn12. The molecule has 0 spiro atoms. The molecule has 2 rings (SSSR count). The van der Waals surface area contributed by atoms with Crippen molar-refractivity contribution in [2.24, 2.45) is 0 Å². The van der Waals surface area contributed by atoms with Gasteiger partial charge in [-0.2, -0.15) is 0 Å². The highest BCUT2D eigenvalue weighted by Gasteiger charge is 2.34. The second-order valence-corrected chi connectivity index (χ2v) is 4.86. The van der Waals surface area contributed by atoms with Crippen molar-refractivity contribution in [1.82, 2.24) is 9.38 Å². The largest absolute Gasteiger partial charge is 0.481 e. The lowest BCUT2D eigenvalue weighted by Crippen LogP contribution is -2.30. The van der Waals surface area contributed by atoms with Crippen LogP contribution in [-0.2, 0) is 10.2 Å². The van der Waals surface area contributed by atoms with E-state index < -0.39 is 11.4 Å². The predicted octanol–water partition coefficient (Wildman–Crippen LogP) is 2.46. The van der Waals surface area contributed by atoms with Crippen LogP contribution in [0.1, 0.15) is 19.7 Å². The maximum atomic E-state index is 11.2. The lowest BCUT2D eigenvalue weighted by atomic mass is 9.93. The number of hydrogen-bond donors (Lipinski definition) is 1. The maximum Gasteiger partial charge on any atom is 0.316 e. The van der Waals surface area contributed by atoms with Gasteiger partial charge >= 0.3 is 5.97 Å². The van der Waals surface area contributed by atoms with E-state index in [-0.39, 0.29) is 0 Å². The Kier molecular flexibility index (Phi) is 2.50. The van der Waals surface area contributed by atoms with E-state index in [9.17, 15) is 9.90 Å². The average molecular weight is 283 g/mol. The Morgan fingerprint density at radius 1 is 1.50 bits per heavy atom. The van der Waals surface area contributed by atoms with Crippen molar-refractivity contribution in [3.8, 4) is 0 Å². The highest BCUT2D eigenvalue weighted by molar-refractivity contribution is 9.10. The van der Waals surface area contributed by atoms with Crippen molar-refractivity contribution < 1.29 is 9.90 Å². The van der Waals surface area contributed by atoms with Crippen LogP contribution in [0.3, 0.4) is 0 Å². The molecule has 0 amide bonds. The van der Waals surface area contributed by atoms with E-state index >= 15 is 0 Å². The summed E-state index contributed by atoms with van der Waals surface area (Å²) in [6.45, 7) is 3.28. The number of carbonyl (C=O) groups is 1. The van der Waals surface area contributed by atoms with Crippen LogP contribution < -0.4 is 0 Å². The van der Waals surface area contributed by atoms with E-state index in [1.54, 1.807) is 18.2 Å². The molecule has 2 aromatic heterocycles. The van der Waals surface area contributed by atoms with Crippen LogP contribution in [0.4, 0.5) is 0 Å². The number of halogens is 1. The summed E-state index contributed by atoms with van der Waals surface area (Å²) in [6.07, 6.45) is 1.81. The molecule has 2 heterocycles. The number of aromatic nitrogens is 2. The fourth-order valence-electron chi connectivity index (χ4n) is 1.54. The van der Waals surface area contributed by atoms with Gasteiger partial charge in [0.15, 0.2) is 0 Å². The van der Waals surface area contributed by atoms with Crippen LogP contribution in [0.25, 0.3) is 5.52 Å². The predicted molar refractivity (Wildman–Crippen MR) is 63.6 cm³/mol. The zero-order valence-corrected chi connectivity index (χ0v) is 10.5. The zero-order valence-electron chi connectivity index (χ0n) is 8.94. The van der Waals surface area contributed by atoms with Gasteiger partial charge in [0.05, 0.1) is 5.52 Å². The van der Waals surface area contributed by atoms with Gasteiger partial charge in [-0.25, -0.2) is 4.98 Å². The first-order chi connectivity index (χ1) is 7.44. The molecular weight excluding hydrogens is 272 g/mol. The third kappa shape index (κ3) is 1.51. The molecule has 0 bridgehead atoms. The van der Waals surface area contributed by atoms with Gasteiger partial charge in [0.1, 0.15) is 15.8 Å². The molecule has 0 aliphatic rings. The van der Waals surface area contributed by atoms with Crippen LogP contribution >= 0.6 is 15.9 Å². The summed E-state index contributed by atoms with van der Waals surface area (Å²) >= 11 is 3.33. The standard InChI is InChI=1S/C11H11BrN2O2/c1-11(2,10(15)16)9-13-8(12)7-5-3-4-6-14(7)9/h3-6H,1-2H3,(H,15,16). The number of pyridine rings is 1. The number of hydrogen-bond acceptors (Lipinski definition) is 2. The number of imidazole rings is 1. The highest BCUT2D eigenvalue weighted by Crippen LogP contribution is 2.27. The fourth-order valence-corrected chi connectivity index (χ4v) is 2.03. The molecule has 16 heavy (non-hydrogen) atoms. The monoisotopic (exact) mass is 282 g/mol. The van der Waals surface area contributed by atoms with Crippen LogP contribution in [0, 0.1) is 0 Å². The van der Waals surface area contributed by atoms with Crippen molar-refractivity contribution in [1.29, 1.82) is 0 Å². The second kappa shape index (κ2) is 3.59. The average Bonchev–Trinajstić information content (AvgIpc) is 2.57. The van der Waals surface area contributed by atoms with Crippen molar-refractivity contribution >= 4 is 27.4 Å². The Morgan fingerprint density at radius 3 is 2.81 bits per heavy atom. The zero-order chi connectivity index (χ0) is 11.9. The third-order valence-corrected chi connectivity index (χ3v) is 3.18. The van der Waals surface area contributed by atoms with E-state index in [4.69, 9.17) is 0 Å². The van der Waals surface area contributed by atoms with E-state index in [1.165, 1.54) is 0 Å². The quantitative estimate of drug-likeness (QED) is 0.921. The van der Waals surface area contributed by atoms with Gasteiger partial charge < -0.3 is 9.51 Å². The van der Waals surface area contributed by atoms with Crippen molar-refractivity contribution in [3.05, 3.63) is 34.8 Å². The Labute approximate surface area is 101 Å². The summed E-state index contributed by atoms with van der Waals surface area (Å²) in [4.78, 5) is 15.5. The van der Waals surface area contributed by atoms with E-state index in [2.05, 4.69) is 20.9 Å². The van der Waals surface area contributed by atoms with Crippen molar-refractivity contribution in [2.75, 3.05) is 0 Å². The first kappa shape index (κ1) is 11.1. The number of aliphatic carboxylic acids is 1. The summed E-state index contributed by atoms with van der Waals surface area (Å²) < 4.78 is 2.45. The molecule has 4 nitrogen and oxygen atoms in total.